The van der Waals surface area contributed by atoms with Crippen molar-refractivity contribution < 1.29 is 5.11 Å². The molecule has 0 aromatic rings. The van der Waals surface area contributed by atoms with E-state index in [9.17, 15) is 0 Å². The van der Waals surface area contributed by atoms with E-state index in [1.54, 1.807) is 0 Å². The Kier molecular flexibility index (Phi) is 6.20. The lowest BCUT2D eigenvalue weighted by Gasteiger charge is -2.24. The van der Waals surface area contributed by atoms with Gasteiger partial charge in [0.05, 0.1) is 0 Å². The van der Waals surface area contributed by atoms with Gasteiger partial charge in [0.1, 0.15) is 0 Å². The highest BCUT2D eigenvalue weighted by atomic mass is 16.3. The zero-order valence-electron chi connectivity index (χ0n) is 9.47. The number of aliphatic hydroxyl groups is 1. The van der Waals surface area contributed by atoms with Gasteiger partial charge in [-0.05, 0) is 26.2 Å². The molecule has 0 saturated heterocycles. The predicted octanol–water partition coefficient (Wildman–Crippen LogP) is 2.46. The Morgan fingerprint density at radius 3 is 2.29 bits per heavy atom. The lowest BCUT2D eigenvalue weighted by atomic mass is 9.96. The van der Waals surface area contributed by atoms with Crippen LogP contribution in [0.3, 0.4) is 0 Å². The molecule has 0 radical (unpaired) electrons. The monoisotopic (exact) mass is 199 g/mol. The molecular formula is C12H25NO. The van der Waals surface area contributed by atoms with E-state index in [0.717, 1.165) is 6.42 Å². The molecule has 84 valence electrons. The van der Waals surface area contributed by atoms with Gasteiger partial charge >= 0.3 is 0 Å². The van der Waals surface area contributed by atoms with Crippen LogP contribution in [-0.4, -0.2) is 23.8 Å². The van der Waals surface area contributed by atoms with Crippen molar-refractivity contribution in [2.24, 2.45) is 0 Å². The summed E-state index contributed by atoms with van der Waals surface area (Å²) in [4.78, 5) is 0. The van der Waals surface area contributed by atoms with E-state index in [2.05, 4.69) is 12.2 Å². The van der Waals surface area contributed by atoms with Gasteiger partial charge in [0.25, 0.3) is 0 Å². The van der Waals surface area contributed by atoms with E-state index >= 15 is 0 Å². The Bertz CT molecular complexity index is 130. The lowest BCUT2D eigenvalue weighted by Crippen LogP contribution is -2.37. The molecule has 0 amide bonds. The molecule has 1 fully saturated rings. The first-order chi connectivity index (χ1) is 6.83. The molecule has 1 rings (SSSR count). The smallest absolute Gasteiger partial charge is 0.0445 e. The van der Waals surface area contributed by atoms with Gasteiger partial charge in [0.15, 0.2) is 0 Å². The predicted molar refractivity (Wildman–Crippen MR) is 60.4 cm³/mol. The molecule has 1 aliphatic rings. The molecule has 0 heterocycles. The van der Waals surface area contributed by atoms with Crippen molar-refractivity contribution in [3.8, 4) is 0 Å². The molecule has 2 nitrogen and oxygen atoms in total. The second-order valence-corrected chi connectivity index (χ2v) is 4.62. The van der Waals surface area contributed by atoms with Crippen LogP contribution in [0.4, 0.5) is 0 Å². The third kappa shape index (κ3) is 4.97. The molecule has 1 atom stereocenters. The first-order valence-corrected chi connectivity index (χ1v) is 6.20. The van der Waals surface area contributed by atoms with Gasteiger partial charge in [-0.2, -0.15) is 0 Å². The second kappa shape index (κ2) is 7.24. The average molecular weight is 199 g/mol. The van der Waals surface area contributed by atoms with Crippen LogP contribution in [0.5, 0.6) is 0 Å². The number of hydrogen-bond acceptors (Lipinski definition) is 2. The van der Waals surface area contributed by atoms with Gasteiger partial charge in [-0.3, -0.25) is 0 Å². The van der Waals surface area contributed by atoms with E-state index in [1.165, 1.54) is 44.9 Å². The summed E-state index contributed by atoms with van der Waals surface area (Å²) in [5.41, 5.74) is 0. The van der Waals surface area contributed by atoms with E-state index < -0.39 is 0 Å². The molecule has 0 spiro atoms. The molecule has 2 heteroatoms. The standard InChI is InChI=1S/C12H25NO/c1-11(9-10-14)13-12-7-5-3-2-4-6-8-12/h11-14H,2-10H2,1H3. The molecule has 1 aliphatic carbocycles. The van der Waals surface area contributed by atoms with Gasteiger partial charge < -0.3 is 10.4 Å². The molecule has 0 bridgehead atoms. The van der Waals surface area contributed by atoms with E-state index in [1.807, 2.05) is 0 Å². The van der Waals surface area contributed by atoms with Crippen LogP contribution in [0.2, 0.25) is 0 Å². The Labute approximate surface area is 88.1 Å². The fraction of sp³-hybridized carbons (Fsp3) is 1.00. The highest BCUT2D eigenvalue weighted by Gasteiger charge is 2.12. The summed E-state index contributed by atoms with van der Waals surface area (Å²) < 4.78 is 0. The summed E-state index contributed by atoms with van der Waals surface area (Å²) in [5, 5.41) is 12.5. The van der Waals surface area contributed by atoms with Crippen LogP contribution in [0.15, 0.2) is 0 Å². The van der Waals surface area contributed by atoms with Gasteiger partial charge in [-0.25, -0.2) is 0 Å². The van der Waals surface area contributed by atoms with Crippen LogP contribution >= 0.6 is 0 Å². The van der Waals surface area contributed by atoms with Gasteiger partial charge in [0.2, 0.25) is 0 Å². The number of rotatable bonds is 4. The molecule has 1 unspecified atom stereocenters. The largest absolute Gasteiger partial charge is 0.396 e. The molecule has 0 aromatic heterocycles. The van der Waals surface area contributed by atoms with Crippen LogP contribution < -0.4 is 5.32 Å². The SMILES string of the molecule is CC(CCO)NC1CCCCCCC1. The van der Waals surface area contributed by atoms with Crippen molar-refractivity contribution >= 4 is 0 Å². The zero-order valence-corrected chi connectivity index (χ0v) is 9.47. The summed E-state index contributed by atoms with van der Waals surface area (Å²) >= 11 is 0. The number of hydrogen-bond donors (Lipinski definition) is 2. The van der Waals surface area contributed by atoms with Gasteiger partial charge in [0, 0.05) is 18.7 Å². The van der Waals surface area contributed by atoms with Crippen LogP contribution in [-0.2, 0) is 0 Å². The Morgan fingerprint density at radius 2 is 1.71 bits per heavy atom. The van der Waals surface area contributed by atoms with E-state index in [-0.39, 0.29) is 0 Å². The summed E-state index contributed by atoms with van der Waals surface area (Å²) in [6, 6.07) is 1.18. The van der Waals surface area contributed by atoms with Crippen LogP contribution in [0, 0.1) is 0 Å². The maximum absolute atomic E-state index is 8.83. The van der Waals surface area contributed by atoms with Crippen molar-refractivity contribution in [3.05, 3.63) is 0 Å². The lowest BCUT2D eigenvalue weighted by molar-refractivity contribution is 0.256. The molecule has 2 N–H and O–H groups in total. The first kappa shape index (κ1) is 12.0. The fourth-order valence-corrected chi connectivity index (χ4v) is 2.30. The van der Waals surface area contributed by atoms with E-state index in [4.69, 9.17) is 5.11 Å². The van der Waals surface area contributed by atoms with Crippen LogP contribution in [0.1, 0.15) is 58.3 Å². The quantitative estimate of drug-likeness (QED) is 0.729. The topological polar surface area (TPSA) is 32.3 Å². The maximum Gasteiger partial charge on any atom is 0.0445 e. The molecule has 0 aliphatic heterocycles. The minimum absolute atomic E-state index is 0.306. The summed E-state index contributed by atoms with van der Waals surface area (Å²) in [7, 11) is 0. The second-order valence-electron chi connectivity index (χ2n) is 4.62. The van der Waals surface area contributed by atoms with Crippen molar-refractivity contribution in [1.29, 1.82) is 0 Å². The Hall–Kier alpha value is -0.0800. The summed E-state index contributed by atoms with van der Waals surface area (Å²) in [6.45, 7) is 2.48. The highest BCUT2D eigenvalue weighted by Crippen LogP contribution is 2.17. The van der Waals surface area contributed by atoms with Crippen molar-refractivity contribution in [2.45, 2.75) is 70.4 Å². The highest BCUT2D eigenvalue weighted by molar-refractivity contribution is 4.73. The minimum Gasteiger partial charge on any atom is -0.396 e. The third-order valence-corrected chi connectivity index (χ3v) is 3.19. The fourth-order valence-electron chi connectivity index (χ4n) is 2.30. The number of aliphatic hydroxyl groups excluding tert-OH is 1. The minimum atomic E-state index is 0.306. The van der Waals surface area contributed by atoms with Crippen molar-refractivity contribution in [1.82, 2.24) is 5.32 Å². The summed E-state index contributed by atoms with van der Waals surface area (Å²) in [6.07, 6.45) is 10.5. The zero-order chi connectivity index (χ0) is 10.2. The molecule has 14 heavy (non-hydrogen) atoms. The van der Waals surface area contributed by atoms with Crippen molar-refractivity contribution in [3.63, 3.8) is 0 Å². The summed E-state index contributed by atoms with van der Waals surface area (Å²) in [5.74, 6) is 0. The van der Waals surface area contributed by atoms with E-state index in [0.29, 0.717) is 18.7 Å². The average Bonchev–Trinajstić information content (AvgIpc) is 2.10. The third-order valence-electron chi connectivity index (χ3n) is 3.19. The normalized spacial score (nSPS) is 22.7. The molecule has 1 saturated carbocycles. The molecule has 0 aromatic carbocycles. The van der Waals surface area contributed by atoms with Gasteiger partial charge in [-0.15, -0.1) is 0 Å². The van der Waals surface area contributed by atoms with Crippen LogP contribution in [0.25, 0.3) is 0 Å². The van der Waals surface area contributed by atoms with Gasteiger partial charge in [-0.1, -0.05) is 32.1 Å². The Balaban J connectivity index is 2.19. The molecular weight excluding hydrogens is 174 g/mol. The number of nitrogens with one attached hydrogen (secondary N) is 1. The van der Waals surface area contributed by atoms with Crippen molar-refractivity contribution in [2.75, 3.05) is 6.61 Å². The maximum atomic E-state index is 8.83. The Morgan fingerprint density at radius 1 is 1.14 bits per heavy atom. The first-order valence-electron chi connectivity index (χ1n) is 6.20.